The van der Waals surface area contributed by atoms with Gasteiger partial charge in [0.2, 0.25) is 5.95 Å². The Bertz CT molecular complexity index is 2040. The summed E-state index contributed by atoms with van der Waals surface area (Å²) < 4.78 is 67.0. The summed E-state index contributed by atoms with van der Waals surface area (Å²) in [4.78, 5) is 30.6. The number of anilines is 2. The summed E-state index contributed by atoms with van der Waals surface area (Å²) in [5.41, 5.74) is 4.22. The highest BCUT2D eigenvalue weighted by molar-refractivity contribution is 6.06. The summed E-state index contributed by atoms with van der Waals surface area (Å²) in [5.74, 6) is -0.260. The van der Waals surface area contributed by atoms with Crippen LogP contribution < -0.4 is 14.5 Å². The van der Waals surface area contributed by atoms with Crippen LogP contribution in [0.5, 0.6) is 5.75 Å². The van der Waals surface area contributed by atoms with Gasteiger partial charge in [0.1, 0.15) is 11.3 Å². The normalized spacial score (nSPS) is 19.3. The number of likely N-dealkylation sites (tertiary alicyclic amines) is 1. The van der Waals surface area contributed by atoms with Crippen molar-refractivity contribution in [2.45, 2.75) is 44.7 Å². The minimum atomic E-state index is -4.58. The molecule has 1 saturated carbocycles. The number of methoxy groups -OCH3 is 1. The number of piperidine rings is 1. The van der Waals surface area contributed by atoms with E-state index in [1.54, 1.807) is 13.3 Å². The lowest BCUT2D eigenvalue weighted by Gasteiger charge is -2.54. The summed E-state index contributed by atoms with van der Waals surface area (Å²) in [7, 11) is 1.68. The van der Waals surface area contributed by atoms with Crippen LogP contribution in [-0.2, 0) is 9.53 Å². The van der Waals surface area contributed by atoms with E-state index in [2.05, 4.69) is 37.5 Å². The van der Waals surface area contributed by atoms with Gasteiger partial charge in [-0.2, -0.15) is 23.3 Å². The Morgan fingerprint density at radius 1 is 1.02 bits per heavy atom. The van der Waals surface area contributed by atoms with E-state index in [1.165, 1.54) is 4.90 Å². The Kier molecular flexibility index (Phi) is 9.20. The number of rotatable bonds is 10. The summed E-state index contributed by atoms with van der Waals surface area (Å²) in [6, 6.07) is 5.96. The Hall–Kier alpha value is -4.50. The molecule has 2 aromatic carbocycles. The highest BCUT2D eigenvalue weighted by Gasteiger charge is 2.47. The molecule has 1 spiro atoms. The first-order chi connectivity index (χ1) is 25.4. The summed E-state index contributed by atoms with van der Waals surface area (Å²) in [5, 5.41) is 8.75. The molecule has 282 valence electrons. The van der Waals surface area contributed by atoms with Gasteiger partial charge in [0.25, 0.3) is 5.91 Å². The molecular formula is C38H44F4N8O3. The van der Waals surface area contributed by atoms with E-state index in [4.69, 9.17) is 19.4 Å². The highest BCUT2D eigenvalue weighted by Crippen LogP contribution is 2.53. The third-order valence-corrected chi connectivity index (χ3v) is 11.4. The number of hydrogen-bond donors (Lipinski definition) is 1. The van der Waals surface area contributed by atoms with Crippen LogP contribution in [-0.4, -0.2) is 121 Å². The number of nitrogens with zero attached hydrogens (tertiary/aromatic N) is 7. The number of aryl methyl sites for hydroxylation is 1. The van der Waals surface area contributed by atoms with E-state index >= 15 is 0 Å². The highest BCUT2D eigenvalue weighted by atomic mass is 19.4. The average Bonchev–Trinajstić information content (AvgIpc) is 3.87. The summed E-state index contributed by atoms with van der Waals surface area (Å²) in [6.07, 6.45) is 0.454. The van der Waals surface area contributed by atoms with Gasteiger partial charge in [-0.25, -0.2) is 9.37 Å². The molecule has 4 fully saturated rings. The van der Waals surface area contributed by atoms with E-state index in [1.807, 2.05) is 19.1 Å². The van der Waals surface area contributed by atoms with E-state index in [0.717, 1.165) is 72.9 Å². The van der Waals surface area contributed by atoms with Gasteiger partial charge in [-0.1, -0.05) is 12.6 Å². The van der Waals surface area contributed by atoms with Crippen LogP contribution in [0.25, 0.3) is 32.9 Å². The van der Waals surface area contributed by atoms with E-state index in [0.29, 0.717) is 74.1 Å². The molecule has 4 aromatic rings. The molecule has 2 aromatic heterocycles. The second kappa shape index (κ2) is 13.7. The Morgan fingerprint density at radius 3 is 2.42 bits per heavy atom. The van der Waals surface area contributed by atoms with E-state index in [9.17, 15) is 22.4 Å². The number of H-pyrrole nitrogens is 1. The third-order valence-electron chi connectivity index (χ3n) is 11.4. The van der Waals surface area contributed by atoms with Crippen molar-refractivity contribution >= 4 is 39.5 Å². The number of benzene rings is 2. The van der Waals surface area contributed by atoms with Gasteiger partial charge in [0, 0.05) is 87.8 Å². The lowest BCUT2D eigenvalue weighted by Crippen LogP contribution is -2.62. The summed E-state index contributed by atoms with van der Waals surface area (Å²) >= 11 is 0. The maximum absolute atomic E-state index is 14.1. The van der Waals surface area contributed by atoms with Crippen LogP contribution in [0.15, 0.2) is 36.8 Å². The number of ether oxygens (including phenoxy) is 2. The van der Waals surface area contributed by atoms with Crippen LogP contribution in [0.4, 0.5) is 29.3 Å². The number of aromatic nitrogens is 4. The molecule has 3 saturated heterocycles. The zero-order valence-electron chi connectivity index (χ0n) is 30.1. The second-order valence-corrected chi connectivity index (χ2v) is 15.1. The van der Waals surface area contributed by atoms with Crippen LogP contribution in [0.3, 0.4) is 0 Å². The van der Waals surface area contributed by atoms with Gasteiger partial charge < -0.3 is 24.2 Å². The molecule has 0 atom stereocenters. The quantitative estimate of drug-likeness (QED) is 0.156. The fourth-order valence-corrected chi connectivity index (χ4v) is 8.32. The SMILES string of the molecule is C=C(F)C(=O)N1CC2(CCN(c3nc(N4CCN(CCOC)CC4)nc4c(OCC(F)(F)F)c(-c5c(C)ccc6[nH]ncc56)c(C5CC5)cc34)CC2)C1. The Labute approximate surface area is 304 Å². The van der Waals surface area contributed by atoms with E-state index in [-0.39, 0.29) is 17.1 Å². The van der Waals surface area contributed by atoms with Crippen molar-refractivity contribution in [2.75, 3.05) is 89.0 Å². The Morgan fingerprint density at radius 2 is 1.75 bits per heavy atom. The standard InChI is InChI=1S/C38H44F4N8O3/c1-23-4-7-29-28(19-43-46-29)30(23)31-26(25-5-6-25)18-27-32(33(31)53-22-38(40,41)42)44-36(49-14-12-47(13-15-49)16-17-52-3)45-34(27)48-10-8-37(9-11-48)20-50(21-37)35(51)24(2)39/h4,7,18-19,25H,2,5-6,8-17,20-22H2,1,3H3,(H,43,46). The lowest BCUT2D eigenvalue weighted by molar-refractivity contribution is -0.153. The number of carbonyl (C=O) groups excluding carboxylic acids is 1. The summed E-state index contributed by atoms with van der Waals surface area (Å²) in [6.45, 7) is 10.0. The number of fused-ring (bicyclic) bond motifs is 2. The molecule has 5 heterocycles. The van der Waals surface area contributed by atoms with Gasteiger partial charge in [-0.05, 0) is 67.3 Å². The van der Waals surface area contributed by atoms with Crippen molar-refractivity contribution < 1.29 is 31.8 Å². The van der Waals surface area contributed by atoms with Crippen molar-refractivity contribution in [2.24, 2.45) is 5.41 Å². The number of amides is 1. The molecule has 53 heavy (non-hydrogen) atoms. The van der Waals surface area contributed by atoms with Crippen LogP contribution in [0.1, 0.15) is 42.7 Å². The predicted molar refractivity (Wildman–Crippen MR) is 194 cm³/mol. The largest absolute Gasteiger partial charge is 0.481 e. The monoisotopic (exact) mass is 736 g/mol. The Balaban J connectivity index is 1.26. The first-order valence-electron chi connectivity index (χ1n) is 18.3. The van der Waals surface area contributed by atoms with E-state index < -0.39 is 24.5 Å². The van der Waals surface area contributed by atoms with Gasteiger partial charge in [-0.3, -0.25) is 14.8 Å². The number of aromatic amines is 1. The zero-order chi connectivity index (χ0) is 37.1. The zero-order valence-corrected chi connectivity index (χ0v) is 30.1. The fraction of sp³-hybridized carbons (Fsp3) is 0.526. The number of hydrogen-bond acceptors (Lipinski definition) is 9. The molecule has 4 aliphatic rings. The molecule has 1 amide bonds. The molecule has 1 N–H and O–H groups in total. The second-order valence-electron chi connectivity index (χ2n) is 15.1. The van der Waals surface area contributed by atoms with Crippen molar-refractivity contribution in [1.29, 1.82) is 0 Å². The maximum Gasteiger partial charge on any atom is 0.422 e. The molecule has 3 aliphatic heterocycles. The molecule has 8 rings (SSSR count). The molecular weight excluding hydrogens is 692 g/mol. The average molecular weight is 737 g/mol. The number of halogens is 4. The predicted octanol–water partition coefficient (Wildman–Crippen LogP) is 5.98. The molecule has 0 bridgehead atoms. The molecule has 0 radical (unpaired) electrons. The topological polar surface area (TPSA) is 103 Å². The van der Waals surface area contributed by atoms with Gasteiger partial charge >= 0.3 is 6.18 Å². The molecule has 15 heteroatoms. The van der Waals surface area contributed by atoms with Crippen molar-refractivity contribution in [3.05, 3.63) is 47.9 Å². The third kappa shape index (κ3) is 6.89. The first-order valence-corrected chi connectivity index (χ1v) is 18.3. The van der Waals surface area contributed by atoms with Crippen LogP contribution >= 0.6 is 0 Å². The van der Waals surface area contributed by atoms with Crippen molar-refractivity contribution in [1.82, 2.24) is 30.0 Å². The van der Waals surface area contributed by atoms with Crippen LogP contribution in [0, 0.1) is 12.3 Å². The van der Waals surface area contributed by atoms with Gasteiger partial charge in [-0.15, -0.1) is 0 Å². The number of alkyl halides is 3. The molecule has 1 aliphatic carbocycles. The van der Waals surface area contributed by atoms with Gasteiger partial charge in [0.05, 0.1) is 18.3 Å². The van der Waals surface area contributed by atoms with Crippen molar-refractivity contribution in [3.8, 4) is 16.9 Å². The van der Waals surface area contributed by atoms with Gasteiger partial charge in [0.15, 0.2) is 18.2 Å². The minimum absolute atomic E-state index is 0.107. The number of piperazine rings is 1. The van der Waals surface area contributed by atoms with Crippen molar-refractivity contribution in [3.63, 3.8) is 0 Å². The first kappa shape index (κ1) is 35.5. The molecule has 11 nitrogen and oxygen atoms in total. The van der Waals surface area contributed by atoms with Crippen LogP contribution in [0.2, 0.25) is 0 Å². The lowest BCUT2D eigenvalue weighted by atomic mass is 9.72. The smallest absolute Gasteiger partial charge is 0.422 e. The number of carbonyl (C=O) groups is 1. The molecule has 0 unspecified atom stereocenters. The fourth-order valence-electron chi connectivity index (χ4n) is 8.32. The number of nitrogens with one attached hydrogen (secondary N) is 1. The minimum Gasteiger partial charge on any atom is -0.481 e. The maximum atomic E-state index is 14.1.